The number of anilines is 5. The van der Waals surface area contributed by atoms with Crippen molar-refractivity contribution in [3.63, 3.8) is 0 Å². The number of nitrogen functional groups attached to an aromatic ring is 1. The number of nitrogens with two attached hydrogens (primary N) is 1. The van der Waals surface area contributed by atoms with Crippen molar-refractivity contribution < 1.29 is 4.74 Å². The summed E-state index contributed by atoms with van der Waals surface area (Å²) in [5.74, 6) is 2.23. The van der Waals surface area contributed by atoms with Crippen LogP contribution in [0.5, 0.6) is 5.75 Å². The smallest absolute Gasteiger partial charge is 0.159 e. The standard InChI is InChI=1S/C25H27N7O/c1-17-6-11-20-21(29-17)4-3-5-22(20)30-24-23(26)25(28-16-27-24)32-14-12-31(13-15-32)18-7-9-19(33-2)10-8-18/h3-11,16H,12-15,26H2,1-2H3,(H,27,28,30). The molecule has 2 aromatic heterocycles. The first-order valence-corrected chi connectivity index (χ1v) is 11.0. The zero-order valence-electron chi connectivity index (χ0n) is 18.8. The van der Waals surface area contributed by atoms with Gasteiger partial charge in [0.1, 0.15) is 17.8 Å². The first kappa shape index (κ1) is 20.8. The van der Waals surface area contributed by atoms with E-state index in [9.17, 15) is 0 Å². The van der Waals surface area contributed by atoms with Crippen molar-refractivity contribution in [3.8, 4) is 5.75 Å². The van der Waals surface area contributed by atoms with Gasteiger partial charge in [0.05, 0.1) is 12.6 Å². The molecule has 0 amide bonds. The molecule has 0 unspecified atom stereocenters. The van der Waals surface area contributed by atoms with E-state index in [4.69, 9.17) is 10.5 Å². The van der Waals surface area contributed by atoms with E-state index in [0.29, 0.717) is 11.5 Å². The predicted molar refractivity (Wildman–Crippen MR) is 134 cm³/mol. The number of fused-ring (bicyclic) bond motifs is 1. The van der Waals surface area contributed by atoms with Crippen LogP contribution in [0.3, 0.4) is 0 Å². The Hall–Kier alpha value is -4.07. The molecule has 0 aliphatic carbocycles. The number of methoxy groups -OCH3 is 1. The van der Waals surface area contributed by atoms with Gasteiger partial charge >= 0.3 is 0 Å². The fourth-order valence-electron chi connectivity index (χ4n) is 4.20. The first-order valence-electron chi connectivity index (χ1n) is 11.0. The molecular weight excluding hydrogens is 414 g/mol. The SMILES string of the molecule is COc1ccc(N2CCN(c3ncnc(Nc4cccc5nc(C)ccc45)c3N)CC2)cc1. The summed E-state index contributed by atoms with van der Waals surface area (Å²) < 4.78 is 5.26. The molecule has 0 atom stereocenters. The molecule has 3 N–H and O–H groups in total. The zero-order chi connectivity index (χ0) is 22.8. The van der Waals surface area contributed by atoms with Crippen molar-refractivity contribution in [2.45, 2.75) is 6.92 Å². The molecule has 1 aliphatic rings. The lowest BCUT2D eigenvalue weighted by Gasteiger charge is -2.37. The quantitative estimate of drug-likeness (QED) is 0.480. The fourth-order valence-corrected chi connectivity index (χ4v) is 4.20. The third kappa shape index (κ3) is 4.19. The minimum atomic E-state index is 0.549. The van der Waals surface area contributed by atoms with Gasteiger partial charge in [-0.15, -0.1) is 0 Å². The number of benzene rings is 2. The van der Waals surface area contributed by atoms with Crippen LogP contribution < -0.4 is 25.6 Å². The Labute approximate surface area is 193 Å². The van der Waals surface area contributed by atoms with Crippen LogP contribution in [-0.2, 0) is 0 Å². The van der Waals surface area contributed by atoms with E-state index in [1.807, 2.05) is 43.3 Å². The van der Waals surface area contributed by atoms with Crippen LogP contribution >= 0.6 is 0 Å². The Morgan fingerprint density at radius 2 is 1.67 bits per heavy atom. The summed E-state index contributed by atoms with van der Waals surface area (Å²) in [6, 6.07) is 18.2. The summed E-state index contributed by atoms with van der Waals surface area (Å²) in [7, 11) is 1.68. The summed E-state index contributed by atoms with van der Waals surface area (Å²) in [6.07, 6.45) is 1.57. The summed E-state index contributed by atoms with van der Waals surface area (Å²) in [6.45, 7) is 5.40. The maximum absolute atomic E-state index is 6.54. The van der Waals surface area contributed by atoms with Crippen LogP contribution in [0, 0.1) is 6.92 Å². The number of ether oxygens (including phenoxy) is 1. The highest BCUT2D eigenvalue weighted by molar-refractivity contribution is 5.94. The summed E-state index contributed by atoms with van der Waals surface area (Å²) in [5.41, 5.74) is 11.1. The molecule has 168 valence electrons. The number of hydrogen-bond acceptors (Lipinski definition) is 8. The van der Waals surface area contributed by atoms with Crippen LogP contribution in [0.15, 0.2) is 60.9 Å². The number of pyridine rings is 1. The lowest BCUT2D eigenvalue weighted by atomic mass is 10.1. The first-order chi connectivity index (χ1) is 16.1. The molecule has 0 spiro atoms. The molecule has 4 aromatic rings. The number of rotatable bonds is 5. The average molecular weight is 442 g/mol. The summed E-state index contributed by atoms with van der Waals surface area (Å²) >= 11 is 0. The number of aromatic nitrogens is 3. The van der Waals surface area contributed by atoms with Crippen molar-refractivity contribution in [1.29, 1.82) is 0 Å². The largest absolute Gasteiger partial charge is 0.497 e. The Kier molecular flexibility index (Phi) is 5.56. The molecule has 5 rings (SSSR count). The molecule has 1 saturated heterocycles. The van der Waals surface area contributed by atoms with Gasteiger partial charge in [0, 0.05) is 48.6 Å². The Balaban J connectivity index is 1.33. The highest BCUT2D eigenvalue weighted by Gasteiger charge is 2.22. The monoisotopic (exact) mass is 441 g/mol. The van der Waals surface area contributed by atoms with Crippen LogP contribution in [0.2, 0.25) is 0 Å². The van der Waals surface area contributed by atoms with Crippen molar-refractivity contribution in [2.75, 3.05) is 54.1 Å². The molecular formula is C25H27N7O. The molecule has 0 saturated carbocycles. The number of nitrogens with zero attached hydrogens (tertiary/aromatic N) is 5. The van der Waals surface area contributed by atoms with E-state index in [-0.39, 0.29) is 0 Å². The molecule has 0 radical (unpaired) electrons. The topological polar surface area (TPSA) is 92.4 Å². The van der Waals surface area contributed by atoms with Crippen LogP contribution in [0.25, 0.3) is 10.9 Å². The number of hydrogen-bond donors (Lipinski definition) is 2. The second-order valence-corrected chi connectivity index (χ2v) is 8.08. The molecule has 1 aliphatic heterocycles. The normalized spacial score (nSPS) is 13.9. The van der Waals surface area contributed by atoms with Crippen LogP contribution in [-0.4, -0.2) is 48.2 Å². The third-order valence-electron chi connectivity index (χ3n) is 6.00. The van der Waals surface area contributed by atoms with E-state index >= 15 is 0 Å². The lowest BCUT2D eigenvalue weighted by Crippen LogP contribution is -2.47. The minimum absolute atomic E-state index is 0.549. The molecule has 8 heteroatoms. The van der Waals surface area contributed by atoms with Crippen LogP contribution in [0.4, 0.5) is 28.7 Å². The van der Waals surface area contributed by atoms with Gasteiger partial charge in [0.25, 0.3) is 0 Å². The second-order valence-electron chi connectivity index (χ2n) is 8.08. The predicted octanol–water partition coefficient (Wildman–Crippen LogP) is 3.99. The number of piperazine rings is 1. The maximum Gasteiger partial charge on any atom is 0.159 e. The molecule has 3 heterocycles. The van der Waals surface area contributed by atoms with Gasteiger partial charge in [-0.1, -0.05) is 6.07 Å². The molecule has 0 bridgehead atoms. The van der Waals surface area contributed by atoms with E-state index in [0.717, 1.165) is 60.0 Å². The van der Waals surface area contributed by atoms with E-state index < -0.39 is 0 Å². The summed E-state index contributed by atoms with van der Waals surface area (Å²) in [4.78, 5) is 18.1. The number of nitrogens with one attached hydrogen (secondary N) is 1. The van der Waals surface area contributed by atoms with Crippen molar-refractivity contribution in [2.24, 2.45) is 0 Å². The van der Waals surface area contributed by atoms with Gasteiger partial charge in [0.2, 0.25) is 0 Å². The van der Waals surface area contributed by atoms with Crippen LogP contribution in [0.1, 0.15) is 5.69 Å². The molecule has 8 nitrogen and oxygen atoms in total. The van der Waals surface area contributed by atoms with Gasteiger partial charge in [-0.05, 0) is 55.5 Å². The van der Waals surface area contributed by atoms with Gasteiger partial charge in [-0.25, -0.2) is 9.97 Å². The number of aryl methyl sites for hydroxylation is 1. The fraction of sp³-hybridized carbons (Fsp3) is 0.240. The van der Waals surface area contributed by atoms with Crippen molar-refractivity contribution in [1.82, 2.24) is 15.0 Å². The van der Waals surface area contributed by atoms with Crippen molar-refractivity contribution >= 4 is 39.6 Å². The maximum atomic E-state index is 6.54. The molecule has 2 aromatic carbocycles. The van der Waals surface area contributed by atoms with Gasteiger partial charge in [-0.3, -0.25) is 4.98 Å². The Morgan fingerprint density at radius 1 is 0.909 bits per heavy atom. The average Bonchev–Trinajstić information content (AvgIpc) is 2.85. The minimum Gasteiger partial charge on any atom is -0.497 e. The lowest BCUT2D eigenvalue weighted by molar-refractivity contribution is 0.415. The highest BCUT2D eigenvalue weighted by atomic mass is 16.5. The van der Waals surface area contributed by atoms with E-state index in [1.54, 1.807) is 13.4 Å². The van der Waals surface area contributed by atoms with Gasteiger partial charge < -0.3 is 25.6 Å². The Bertz CT molecular complexity index is 1270. The van der Waals surface area contributed by atoms with Gasteiger partial charge in [0.15, 0.2) is 11.6 Å². The highest BCUT2D eigenvalue weighted by Crippen LogP contribution is 2.32. The van der Waals surface area contributed by atoms with Gasteiger partial charge in [-0.2, -0.15) is 0 Å². The van der Waals surface area contributed by atoms with E-state index in [2.05, 4.69) is 48.3 Å². The molecule has 1 fully saturated rings. The zero-order valence-corrected chi connectivity index (χ0v) is 18.8. The third-order valence-corrected chi connectivity index (χ3v) is 6.00. The van der Waals surface area contributed by atoms with E-state index in [1.165, 1.54) is 5.69 Å². The Morgan fingerprint density at radius 3 is 2.42 bits per heavy atom. The second kappa shape index (κ2) is 8.82. The molecule has 33 heavy (non-hydrogen) atoms. The van der Waals surface area contributed by atoms with Crippen molar-refractivity contribution in [3.05, 3.63) is 66.6 Å². The summed E-state index contributed by atoms with van der Waals surface area (Å²) in [5, 5.41) is 4.42.